The second kappa shape index (κ2) is 9.06. The third-order valence-corrected chi connectivity index (χ3v) is 4.83. The Morgan fingerprint density at radius 1 is 1.25 bits per heavy atom. The summed E-state index contributed by atoms with van der Waals surface area (Å²) in [5.74, 6) is 1.89. The summed E-state index contributed by atoms with van der Waals surface area (Å²) >= 11 is 0. The number of nitrogens with one attached hydrogen (secondary N) is 3. The van der Waals surface area contributed by atoms with Gasteiger partial charge in [0.05, 0.1) is 31.7 Å². The molecule has 0 unspecified atom stereocenters. The zero-order valence-electron chi connectivity index (χ0n) is 16.1. The molecular formula is C20H25N5O3+2. The van der Waals surface area contributed by atoms with Crippen molar-refractivity contribution in [1.29, 1.82) is 5.26 Å². The van der Waals surface area contributed by atoms with E-state index in [0.717, 1.165) is 32.0 Å². The molecule has 0 bridgehead atoms. The van der Waals surface area contributed by atoms with Gasteiger partial charge in [0.25, 0.3) is 11.7 Å². The first kappa shape index (κ1) is 19.5. The third-order valence-electron chi connectivity index (χ3n) is 4.83. The van der Waals surface area contributed by atoms with Gasteiger partial charge in [-0.15, -0.1) is 0 Å². The van der Waals surface area contributed by atoms with Crippen molar-refractivity contribution in [1.82, 2.24) is 0 Å². The number of hydrogen-bond donors (Lipinski definition) is 2. The number of nitriles is 1. The number of amides is 1. The zero-order valence-corrected chi connectivity index (χ0v) is 16.1. The molecule has 1 aromatic carbocycles. The molecule has 146 valence electrons. The minimum atomic E-state index is -0.126. The van der Waals surface area contributed by atoms with Crippen LogP contribution in [0.4, 0.5) is 11.5 Å². The molecule has 1 amide bonds. The molecule has 0 radical (unpaired) electrons. The van der Waals surface area contributed by atoms with Gasteiger partial charge in [-0.1, -0.05) is 6.07 Å². The van der Waals surface area contributed by atoms with Gasteiger partial charge < -0.3 is 19.7 Å². The van der Waals surface area contributed by atoms with Crippen LogP contribution in [0.1, 0.15) is 5.56 Å². The minimum absolute atomic E-state index is 0.126. The van der Waals surface area contributed by atoms with Crippen LogP contribution >= 0.6 is 0 Å². The molecule has 1 saturated heterocycles. The van der Waals surface area contributed by atoms with Gasteiger partial charge in [0.1, 0.15) is 32.2 Å². The van der Waals surface area contributed by atoms with Gasteiger partial charge in [-0.25, -0.2) is 4.98 Å². The molecule has 3 rings (SSSR count). The number of nitrogens with zero attached hydrogens (tertiary/aromatic N) is 2. The number of methoxy groups -OCH3 is 2. The first-order valence-electron chi connectivity index (χ1n) is 9.15. The maximum absolute atomic E-state index is 12.5. The van der Waals surface area contributed by atoms with Crippen molar-refractivity contribution in [2.45, 2.75) is 0 Å². The van der Waals surface area contributed by atoms with E-state index in [1.807, 2.05) is 18.3 Å². The summed E-state index contributed by atoms with van der Waals surface area (Å²) < 4.78 is 10.5. The minimum Gasteiger partial charge on any atom is -0.493 e. The summed E-state index contributed by atoms with van der Waals surface area (Å²) in [5.41, 5.74) is 0.771. The molecule has 2 aromatic rings. The van der Waals surface area contributed by atoms with Crippen LogP contribution in [0.5, 0.6) is 11.5 Å². The number of H-pyrrole nitrogens is 1. The van der Waals surface area contributed by atoms with Crippen LogP contribution < -0.4 is 29.6 Å². The lowest BCUT2D eigenvalue weighted by atomic mass is 10.1. The first-order chi connectivity index (χ1) is 13.6. The first-order valence-corrected chi connectivity index (χ1v) is 9.15. The molecule has 0 atom stereocenters. The lowest BCUT2D eigenvalue weighted by Gasteiger charge is -2.27. The summed E-state index contributed by atoms with van der Waals surface area (Å²) in [4.78, 5) is 19.3. The molecule has 8 heteroatoms. The Kier molecular flexibility index (Phi) is 6.29. The van der Waals surface area contributed by atoms with Gasteiger partial charge in [0, 0.05) is 18.2 Å². The van der Waals surface area contributed by atoms with Gasteiger partial charge >= 0.3 is 0 Å². The van der Waals surface area contributed by atoms with Gasteiger partial charge in [-0.2, -0.15) is 5.26 Å². The Hall–Kier alpha value is -3.31. The molecular weight excluding hydrogens is 358 g/mol. The number of pyridine rings is 1. The fourth-order valence-electron chi connectivity index (χ4n) is 3.32. The maximum Gasteiger partial charge on any atom is 0.279 e. The highest BCUT2D eigenvalue weighted by Gasteiger charge is 2.27. The Morgan fingerprint density at radius 3 is 2.57 bits per heavy atom. The summed E-state index contributed by atoms with van der Waals surface area (Å²) in [7, 11) is 3.02. The van der Waals surface area contributed by atoms with Crippen molar-refractivity contribution >= 4 is 17.4 Å². The van der Waals surface area contributed by atoms with Crippen molar-refractivity contribution < 1.29 is 24.2 Å². The normalized spacial score (nSPS) is 14.2. The standard InChI is InChI=1S/C20H23N5O3/c1-27-17-11-15(13-21)16(12-18(17)28-2)23-20(26)14-24-7-9-25(10-8-24)19-5-3-4-6-22-19/h3-6,11-12H,7-10,14H2,1-2H3,(H,23,26)/p+2. The predicted octanol–water partition coefficient (Wildman–Crippen LogP) is -0.267. The maximum atomic E-state index is 12.5. The molecule has 8 nitrogen and oxygen atoms in total. The molecule has 1 aliphatic heterocycles. The Balaban J connectivity index is 1.59. The fraction of sp³-hybridized carbons (Fsp3) is 0.350. The average molecular weight is 383 g/mol. The second-order valence-electron chi connectivity index (χ2n) is 6.57. The predicted molar refractivity (Wildman–Crippen MR) is 104 cm³/mol. The molecule has 1 fully saturated rings. The smallest absolute Gasteiger partial charge is 0.279 e. The van der Waals surface area contributed by atoms with Crippen molar-refractivity contribution in [3.05, 3.63) is 42.1 Å². The van der Waals surface area contributed by atoms with Gasteiger partial charge in [0.2, 0.25) is 0 Å². The van der Waals surface area contributed by atoms with E-state index in [2.05, 4.69) is 27.3 Å². The van der Waals surface area contributed by atoms with Crippen LogP contribution in [0.25, 0.3) is 0 Å². The molecule has 0 spiro atoms. The highest BCUT2D eigenvalue weighted by molar-refractivity contribution is 5.93. The molecule has 28 heavy (non-hydrogen) atoms. The fourth-order valence-corrected chi connectivity index (χ4v) is 3.32. The summed E-state index contributed by atoms with van der Waals surface area (Å²) in [6.45, 7) is 3.85. The van der Waals surface area contributed by atoms with Crippen LogP contribution in [-0.2, 0) is 4.79 Å². The number of benzene rings is 1. The number of aromatic nitrogens is 1. The number of carbonyl (C=O) groups excluding carboxylic acids is 1. The molecule has 1 aromatic heterocycles. The van der Waals surface area contributed by atoms with Crippen LogP contribution in [-0.4, -0.2) is 52.9 Å². The van der Waals surface area contributed by atoms with E-state index in [1.165, 1.54) is 19.1 Å². The quantitative estimate of drug-likeness (QED) is 0.717. The number of anilines is 2. The van der Waals surface area contributed by atoms with Crippen molar-refractivity contribution in [2.75, 3.05) is 57.2 Å². The monoisotopic (exact) mass is 383 g/mol. The van der Waals surface area contributed by atoms with Gasteiger partial charge in [-0.05, 0) is 6.07 Å². The van der Waals surface area contributed by atoms with E-state index in [9.17, 15) is 10.1 Å². The number of piperazine rings is 1. The van der Waals surface area contributed by atoms with E-state index in [4.69, 9.17) is 9.47 Å². The van der Waals surface area contributed by atoms with Crippen molar-refractivity contribution in [2.24, 2.45) is 0 Å². The summed E-state index contributed by atoms with van der Waals surface area (Å²) in [6, 6.07) is 11.3. The van der Waals surface area contributed by atoms with Gasteiger partial charge in [0.15, 0.2) is 18.0 Å². The summed E-state index contributed by atoms with van der Waals surface area (Å²) in [5, 5.41) is 12.2. The number of rotatable bonds is 6. The van der Waals surface area contributed by atoms with Gasteiger partial charge in [-0.3, -0.25) is 9.69 Å². The zero-order chi connectivity index (χ0) is 19.9. The summed E-state index contributed by atoms with van der Waals surface area (Å²) in [6.07, 6.45) is 1.91. The van der Waals surface area contributed by atoms with Crippen molar-refractivity contribution in [3.63, 3.8) is 0 Å². The number of carbonyl (C=O) groups is 1. The Morgan fingerprint density at radius 2 is 1.96 bits per heavy atom. The molecule has 2 heterocycles. The SMILES string of the molecule is COc1cc(C#N)c(NC(=O)C[NH+]2CCN(c3cccc[nH+]3)CC2)cc1OC. The van der Waals surface area contributed by atoms with Crippen LogP contribution in [0.15, 0.2) is 36.5 Å². The highest BCUT2D eigenvalue weighted by atomic mass is 16.5. The van der Waals surface area contributed by atoms with Crippen LogP contribution in [0.3, 0.4) is 0 Å². The number of ether oxygens (including phenoxy) is 2. The lowest BCUT2D eigenvalue weighted by molar-refractivity contribution is -0.892. The van der Waals surface area contributed by atoms with Crippen LogP contribution in [0, 0.1) is 11.3 Å². The number of quaternary nitrogens is 1. The largest absolute Gasteiger partial charge is 0.493 e. The molecule has 0 saturated carbocycles. The second-order valence-corrected chi connectivity index (χ2v) is 6.57. The van der Waals surface area contributed by atoms with E-state index in [-0.39, 0.29) is 5.91 Å². The van der Waals surface area contributed by atoms with E-state index < -0.39 is 0 Å². The highest BCUT2D eigenvalue weighted by Crippen LogP contribution is 2.32. The van der Waals surface area contributed by atoms with E-state index >= 15 is 0 Å². The number of aromatic amines is 1. The van der Waals surface area contributed by atoms with Crippen molar-refractivity contribution in [3.8, 4) is 17.6 Å². The average Bonchev–Trinajstić information content (AvgIpc) is 2.74. The van der Waals surface area contributed by atoms with Crippen LogP contribution in [0.2, 0.25) is 0 Å². The molecule has 0 aliphatic carbocycles. The van der Waals surface area contributed by atoms with E-state index in [0.29, 0.717) is 29.3 Å². The Bertz CT molecular complexity index is 858. The topological polar surface area (TPSA) is 93.2 Å². The third kappa shape index (κ3) is 4.50. The Labute approximate surface area is 164 Å². The van der Waals surface area contributed by atoms with E-state index in [1.54, 1.807) is 12.1 Å². The molecule has 1 aliphatic rings. The lowest BCUT2D eigenvalue weighted by Crippen LogP contribution is -3.15. The number of hydrogen-bond acceptors (Lipinski definition) is 5. The molecule has 3 N–H and O–H groups in total.